The van der Waals surface area contributed by atoms with Crippen molar-refractivity contribution in [3.63, 3.8) is 0 Å². The number of likely N-dealkylation sites (tertiary alicyclic amines) is 1. The highest BCUT2D eigenvalue weighted by Gasteiger charge is 2.51. The monoisotopic (exact) mass is 453 g/mol. The number of carbonyl (C=O) groups excluding carboxylic acids is 1. The van der Waals surface area contributed by atoms with Crippen molar-refractivity contribution in [2.75, 3.05) is 26.2 Å². The molecule has 0 unspecified atom stereocenters. The van der Waals surface area contributed by atoms with Gasteiger partial charge in [0.25, 0.3) is 0 Å². The van der Waals surface area contributed by atoms with E-state index in [1.54, 1.807) is 4.90 Å². The lowest BCUT2D eigenvalue weighted by atomic mass is 9.73. The van der Waals surface area contributed by atoms with Crippen LogP contribution in [0.25, 0.3) is 0 Å². The molecule has 2 aliphatic heterocycles. The lowest BCUT2D eigenvalue weighted by molar-refractivity contribution is -0.146. The molecule has 4 rings (SSSR count). The minimum absolute atomic E-state index is 0.0864. The number of pyridine rings is 1. The highest BCUT2D eigenvalue weighted by molar-refractivity contribution is 5.83. The molecule has 1 saturated carbocycles. The van der Waals surface area contributed by atoms with Gasteiger partial charge >= 0.3 is 6.18 Å². The van der Waals surface area contributed by atoms with Crippen molar-refractivity contribution in [1.82, 2.24) is 14.8 Å². The molecule has 3 heterocycles. The quantitative estimate of drug-likeness (QED) is 0.752. The van der Waals surface area contributed by atoms with Gasteiger partial charge in [-0.2, -0.15) is 13.2 Å². The number of carbonyl (C=O) groups is 1. The molecule has 1 aromatic heterocycles. The van der Waals surface area contributed by atoms with Crippen molar-refractivity contribution < 1.29 is 23.1 Å². The first-order valence-corrected chi connectivity index (χ1v) is 11.8. The molecule has 2 fully saturated rings. The van der Waals surface area contributed by atoms with Crippen LogP contribution in [0.5, 0.6) is 0 Å². The molecule has 0 spiro atoms. The fourth-order valence-electron chi connectivity index (χ4n) is 5.90. The Morgan fingerprint density at radius 1 is 1.25 bits per heavy atom. The third kappa shape index (κ3) is 4.40. The zero-order valence-corrected chi connectivity index (χ0v) is 19.0. The average Bonchev–Trinajstić information content (AvgIpc) is 3.24. The molecule has 8 heteroatoms. The van der Waals surface area contributed by atoms with Crippen molar-refractivity contribution in [1.29, 1.82) is 0 Å². The normalized spacial score (nSPS) is 27.7. The van der Waals surface area contributed by atoms with Crippen LogP contribution < -0.4 is 0 Å². The molecule has 1 aliphatic carbocycles. The number of piperidine rings is 1. The predicted octanol–water partition coefficient (Wildman–Crippen LogP) is 3.88. The van der Waals surface area contributed by atoms with Crippen LogP contribution in [0.3, 0.4) is 0 Å². The van der Waals surface area contributed by atoms with Crippen LogP contribution in [0.4, 0.5) is 13.2 Å². The number of fused-ring (bicyclic) bond motifs is 1. The average molecular weight is 454 g/mol. The van der Waals surface area contributed by atoms with Crippen molar-refractivity contribution in [3.05, 3.63) is 29.1 Å². The number of aromatic nitrogens is 1. The van der Waals surface area contributed by atoms with Gasteiger partial charge in [0.05, 0.1) is 11.0 Å². The molecule has 32 heavy (non-hydrogen) atoms. The zero-order chi connectivity index (χ0) is 23.1. The summed E-state index contributed by atoms with van der Waals surface area (Å²) in [7, 11) is 0. The summed E-state index contributed by atoms with van der Waals surface area (Å²) in [6.45, 7) is 7.06. The third-order valence-electron chi connectivity index (χ3n) is 8.13. The molecular formula is C24H34F3N3O2. The largest absolute Gasteiger partial charge is 0.417 e. The summed E-state index contributed by atoms with van der Waals surface area (Å²) in [6.07, 6.45) is 1.53. The van der Waals surface area contributed by atoms with Crippen LogP contribution in [0, 0.1) is 17.3 Å². The lowest BCUT2D eigenvalue weighted by Gasteiger charge is -2.41. The van der Waals surface area contributed by atoms with E-state index in [2.05, 4.69) is 23.7 Å². The first kappa shape index (κ1) is 23.5. The Kier molecular flexibility index (Phi) is 6.56. The number of rotatable bonds is 4. The maximum absolute atomic E-state index is 13.8. The summed E-state index contributed by atoms with van der Waals surface area (Å²) in [6, 6.07) is 1.52. The first-order valence-electron chi connectivity index (χ1n) is 11.8. The predicted molar refractivity (Wildman–Crippen MR) is 115 cm³/mol. The van der Waals surface area contributed by atoms with Crippen LogP contribution in [-0.2, 0) is 23.9 Å². The summed E-state index contributed by atoms with van der Waals surface area (Å²) >= 11 is 0. The number of amides is 1. The molecule has 5 nitrogen and oxygen atoms in total. The van der Waals surface area contributed by atoms with Crippen LogP contribution in [0.15, 0.2) is 12.3 Å². The van der Waals surface area contributed by atoms with Crippen LogP contribution in [-0.4, -0.2) is 58.1 Å². The maximum Gasteiger partial charge on any atom is 0.417 e. The highest BCUT2D eigenvalue weighted by atomic mass is 19.4. The van der Waals surface area contributed by atoms with E-state index in [0.29, 0.717) is 36.2 Å². The van der Waals surface area contributed by atoms with E-state index < -0.39 is 17.2 Å². The van der Waals surface area contributed by atoms with E-state index in [0.717, 1.165) is 57.5 Å². The lowest BCUT2D eigenvalue weighted by Crippen LogP contribution is -2.49. The topological polar surface area (TPSA) is 56.7 Å². The van der Waals surface area contributed by atoms with Gasteiger partial charge < -0.3 is 14.9 Å². The van der Waals surface area contributed by atoms with Gasteiger partial charge in [0.1, 0.15) is 0 Å². The number of aliphatic hydroxyl groups is 1. The Hall–Kier alpha value is -1.67. The van der Waals surface area contributed by atoms with E-state index in [9.17, 15) is 23.1 Å². The van der Waals surface area contributed by atoms with Crippen molar-refractivity contribution in [2.24, 2.45) is 17.3 Å². The molecule has 1 saturated heterocycles. The molecule has 1 amide bonds. The van der Waals surface area contributed by atoms with E-state index >= 15 is 0 Å². The number of alkyl halides is 3. The maximum atomic E-state index is 13.8. The Morgan fingerprint density at radius 2 is 1.97 bits per heavy atom. The van der Waals surface area contributed by atoms with Crippen LogP contribution in [0.2, 0.25) is 0 Å². The van der Waals surface area contributed by atoms with Crippen molar-refractivity contribution in [2.45, 2.75) is 71.1 Å². The summed E-state index contributed by atoms with van der Waals surface area (Å²) in [5.41, 5.74) is -0.0441. The number of nitrogens with zero attached hydrogens (tertiary/aromatic N) is 3. The van der Waals surface area contributed by atoms with Crippen molar-refractivity contribution >= 4 is 5.91 Å². The number of aliphatic hydroxyl groups excluding tert-OH is 1. The van der Waals surface area contributed by atoms with Crippen LogP contribution >= 0.6 is 0 Å². The van der Waals surface area contributed by atoms with Gasteiger partial charge in [-0.1, -0.05) is 13.8 Å². The Morgan fingerprint density at radius 3 is 2.59 bits per heavy atom. The Balaban J connectivity index is 1.49. The van der Waals surface area contributed by atoms with E-state index in [4.69, 9.17) is 0 Å². The third-order valence-corrected chi connectivity index (χ3v) is 8.13. The second-order valence-electron chi connectivity index (χ2n) is 10.2. The molecule has 1 N–H and O–H groups in total. The summed E-state index contributed by atoms with van der Waals surface area (Å²) in [5.74, 6) is 0.632. The summed E-state index contributed by atoms with van der Waals surface area (Å²) in [4.78, 5) is 22.1. The summed E-state index contributed by atoms with van der Waals surface area (Å²) < 4.78 is 39.5. The van der Waals surface area contributed by atoms with Crippen LogP contribution in [0.1, 0.15) is 62.8 Å². The zero-order valence-electron chi connectivity index (χ0n) is 19.0. The molecule has 2 atom stereocenters. The van der Waals surface area contributed by atoms with Gasteiger partial charge in [-0.15, -0.1) is 0 Å². The summed E-state index contributed by atoms with van der Waals surface area (Å²) in [5, 5.41) is 9.41. The van der Waals surface area contributed by atoms with Gasteiger partial charge in [-0.25, -0.2) is 0 Å². The fraction of sp³-hybridized carbons (Fsp3) is 0.750. The smallest absolute Gasteiger partial charge is 0.396 e. The van der Waals surface area contributed by atoms with E-state index in [1.165, 1.54) is 0 Å². The molecule has 1 aromatic rings. The molecule has 3 aliphatic rings. The first-order chi connectivity index (χ1) is 15.1. The highest BCUT2D eigenvalue weighted by Crippen LogP contribution is 2.48. The second kappa shape index (κ2) is 8.93. The van der Waals surface area contributed by atoms with Gasteiger partial charge in [-0.05, 0) is 68.7 Å². The molecular weight excluding hydrogens is 419 g/mol. The Bertz CT molecular complexity index is 836. The molecule has 0 radical (unpaired) electrons. The molecule has 178 valence electrons. The van der Waals surface area contributed by atoms with Crippen molar-refractivity contribution in [3.8, 4) is 0 Å². The second-order valence-corrected chi connectivity index (χ2v) is 10.2. The standard InChI is InChI=1S/C24H34F3N3O2/c1-16(2)23(7-3-20(12-23)29-8-4-17(15-31)5-9-29)22(32)30-10-6-21-18(14-30)11-19(13-28-21)24(25,26)27/h11,13,16-17,20,31H,3-10,12,14-15H2,1-2H3/t20-,23+/m1/s1. The van der Waals surface area contributed by atoms with Gasteiger partial charge in [0.15, 0.2) is 0 Å². The number of halogens is 3. The molecule has 0 aromatic carbocycles. The van der Waals surface area contributed by atoms with Gasteiger partial charge in [0.2, 0.25) is 5.91 Å². The van der Waals surface area contributed by atoms with E-state index in [-0.39, 0.29) is 25.0 Å². The van der Waals surface area contributed by atoms with Gasteiger partial charge in [-0.3, -0.25) is 9.78 Å². The SMILES string of the molecule is CC(C)[C@]1(C(=O)N2CCc3ncc(C(F)(F)F)cc3C2)CC[C@@H](N2CCC(CO)CC2)C1. The fourth-order valence-corrected chi connectivity index (χ4v) is 5.90. The minimum Gasteiger partial charge on any atom is -0.396 e. The van der Waals surface area contributed by atoms with Gasteiger partial charge in [0, 0.05) is 44.0 Å². The number of hydrogen-bond donors (Lipinski definition) is 1. The molecule has 0 bridgehead atoms. The number of hydrogen-bond acceptors (Lipinski definition) is 4. The minimum atomic E-state index is -4.43. The Labute approximate surface area is 188 Å². The van der Waals surface area contributed by atoms with E-state index in [1.807, 2.05) is 0 Å².